The lowest BCUT2D eigenvalue weighted by Crippen LogP contribution is -2.35. The van der Waals surface area contributed by atoms with E-state index in [1.54, 1.807) is 4.90 Å². The molecule has 0 N–H and O–H groups in total. The molecular formula is C12H22N2O2. The number of ether oxygens (including phenoxy) is 1. The van der Waals surface area contributed by atoms with Gasteiger partial charge in [0.05, 0.1) is 6.04 Å². The lowest BCUT2D eigenvalue weighted by Gasteiger charge is -2.24. The van der Waals surface area contributed by atoms with Gasteiger partial charge in [-0.3, -0.25) is 4.99 Å². The Morgan fingerprint density at radius 1 is 1.38 bits per heavy atom. The van der Waals surface area contributed by atoms with Crippen LogP contribution >= 0.6 is 0 Å². The summed E-state index contributed by atoms with van der Waals surface area (Å²) in [6.45, 7) is 11.0. The summed E-state index contributed by atoms with van der Waals surface area (Å²) in [5, 5.41) is 0. The third-order valence-corrected chi connectivity index (χ3v) is 2.26. The van der Waals surface area contributed by atoms with E-state index < -0.39 is 5.60 Å². The van der Waals surface area contributed by atoms with Crippen molar-refractivity contribution < 1.29 is 9.53 Å². The molecule has 1 heterocycles. The first-order chi connectivity index (χ1) is 7.28. The van der Waals surface area contributed by atoms with Crippen molar-refractivity contribution in [2.45, 2.75) is 52.7 Å². The van der Waals surface area contributed by atoms with Crippen LogP contribution in [0.15, 0.2) is 4.99 Å². The summed E-state index contributed by atoms with van der Waals surface area (Å²) >= 11 is 0. The Balaban J connectivity index is 2.47. The molecule has 4 heteroatoms. The maximum absolute atomic E-state index is 11.7. The molecule has 0 aromatic rings. The van der Waals surface area contributed by atoms with Gasteiger partial charge in [0.15, 0.2) is 0 Å². The highest BCUT2D eigenvalue weighted by Crippen LogP contribution is 2.17. The highest BCUT2D eigenvalue weighted by Gasteiger charge is 2.29. The number of nitrogens with zero attached hydrogens (tertiary/aromatic N) is 2. The smallest absolute Gasteiger partial charge is 0.410 e. The molecule has 0 bridgehead atoms. The van der Waals surface area contributed by atoms with E-state index in [4.69, 9.17) is 4.74 Å². The number of rotatable bonds is 1. The van der Waals surface area contributed by atoms with Gasteiger partial charge in [-0.05, 0) is 41.0 Å². The van der Waals surface area contributed by atoms with Crippen LogP contribution in [0.25, 0.3) is 0 Å². The summed E-state index contributed by atoms with van der Waals surface area (Å²) in [6, 6.07) is 0.248. The molecule has 0 spiro atoms. The van der Waals surface area contributed by atoms with Gasteiger partial charge in [-0.25, -0.2) is 4.79 Å². The van der Waals surface area contributed by atoms with Gasteiger partial charge in [-0.15, -0.1) is 0 Å². The van der Waals surface area contributed by atoms with Crippen molar-refractivity contribution in [3.05, 3.63) is 0 Å². The second-order valence-electron chi connectivity index (χ2n) is 5.45. The molecule has 0 saturated carbocycles. The maximum atomic E-state index is 11.7. The Kier molecular flexibility index (Phi) is 3.94. The number of aliphatic imine (C=N–C) groups is 1. The fourth-order valence-corrected chi connectivity index (χ4v) is 1.70. The van der Waals surface area contributed by atoms with E-state index in [2.05, 4.69) is 4.99 Å². The van der Waals surface area contributed by atoms with Gasteiger partial charge in [0, 0.05) is 18.8 Å². The minimum absolute atomic E-state index is 0.223. The molecule has 1 aliphatic heterocycles. The lowest BCUT2D eigenvalue weighted by molar-refractivity contribution is 0.0293. The number of hydrogen-bond donors (Lipinski definition) is 0. The van der Waals surface area contributed by atoms with Gasteiger partial charge in [-0.2, -0.15) is 0 Å². The second-order valence-corrected chi connectivity index (χ2v) is 5.45. The minimum Gasteiger partial charge on any atom is -0.444 e. The molecule has 1 saturated heterocycles. The number of hydrogen-bond acceptors (Lipinski definition) is 3. The zero-order valence-electron chi connectivity index (χ0n) is 10.9. The third-order valence-electron chi connectivity index (χ3n) is 2.26. The van der Waals surface area contributed by atoms with Crippen molar-refractivity contribution in [1.82, 2.24) is 4.90 Å². The molecule has 0 aromatic carbocycles. The Bertz CT molecular complexity index is 288. The fraction of sp³-hybridized carbons (Fsp3) is 0.833. The lowest BCUT2D eigenvalue weighted by atomic mass is 10.2. The topological polar surface area (TPSA) is 41.9 Å². The summed E-state index contributed by atoms with van der Waals surface area (Å²) in [5.74, 6) is 0. The normalized spacial score (nSPS) is 20.8. The van der Waals surface area contributed by atoms with Crippen LogP contribution in [0.3, 0.4) is 0 Å². The van der Waals surface area contributed by atoms with Crippen LogP contribution in [0.4, 0.5) is 4.79 Å². The van der Waals surface area contributed by atoms with Crippen LogP contribution in [-0.4, -0.2) is 41.4 Å². The first-order valence-corrected chi connectivity index (χ1v) is 5.77. The summed E-state index contributed by atoms with van der Waals surface area (Å²) in [4.78, 5) is 18.0. The molecule has 1 rings (SSSR count). The zero-order chi connectivity index (χ0) is 12.3. The van der Waals surface area contributed by atoms with Crippen LogP contribution in [0.2, 0.25) is 0 Å². The summed E-state index contributed by atoms with van der Waals surface area (Å²) in [6.07, 6.45) is 0.712. The van der Waals surface area contributed by atoms with Crippen LogP contribution in [0.5, 0.6) is 0 Å². The molecule has 92 valence electrons. The van der Waals surface area contributed by atoms with Crippen molar-refractivity contribution in [3.8, 4) is 0 Å². The molecule has 1 amide bonds. The van der Waals surface area contributed by atoms with Gasteiger partial charge in [0.25, 0.3) is 0 Å². The van der Waals surface area contributed by atoms with Crippen molar-refractivity contribution in [3.63, 3.8) is 0 Å². The van der Waals surface area contributed by atoms with Gasteiger partial charge < -0.3 is 9.64 Å². The quantitative estimate of drug-likeness (QED) is 0.644. The summed E-state index contributed by atoms with van der Waals surface area (Å²) in [5.41, 5.74) is 0.648. The van der Waals surface area contributed by atoms with Gasteiger partial charge in [0.2, 0.25) is 0 Å². The predicted molar refractivity (Wildman–Crippen MR) is 65.0 cm³/mol. The van der Waals surface area contributed by atoms with Gasteiger partial charge >= 0.3 is 6.09 Å². The fourth-order valence-electron chi connectivity index (χ4n) is 1.70. The van der Waals surface area contributed by atoms with E-state index in [9.17, 15) is 4.79 Å². The third kappa shape index (κ3) is 4.21. The van der Waals surface area contributed by atoms with E-state index in [0.29, 0.717) is 6.54 Å². The van der Waals surface area contributed by atoms with Crippen molar-refractivity contribution >= 4 is 11.8 Å². The minimum atomic E-state index is -0.418. The van der Waals surface area contributed by atoms with Gasteiger partial charge in [-0.1, -0.05) is 0 Å². The van der Waals surface area contributed by atoms with E-state index in [0.717, 1.165) is 18.7 Å². The molecule has 16 heavy (non-hydrogen) atoms. The zero-order valence-corrected chi connectivity index (χ0v) is 10.9. The number of carbonyl (C=O) groups excluding carboxylic acids is 1. The van der Waals surface area contributed by atoms with Crippen LogP contribution in [-0.2, 0) is 4.74 Å². The number of amides is 1. The molecule has 1 fully saturated rings. The van der Waals surface area contributed by atoms with Crippen molar-refractivity contribution in [1.29, 1.82) is 0 Å². The van der Waals surface area contributed by atoms with Crippen molar-refractivity contribution in [2.24, 2.45) is 4.99 Å². The Morgan fingerprint density at radius 3 is 2.50 bits per heavy atom. The second kappa shape index (κ2) is 4.85. The molecule has 0 radical (unpaired) electrons. The van der Waals surface area contributed by atoms with Crippen molar-refractivity contribution in [2.75, 3.05) is 13.1 Å². The Labute approximate surface area is 97.7 Å². The van der Waals surface area contributed by atoms with Crippen LogP contribution < -0.4 is 0 Å². The number of likely N-dealkylation sites (tertiary alicyclic amines) is 1. The van der Waals surface area contributed by atoms with Gasteiger partial charge in [0.1, 0.15) is 5.60 Å². The first kappa shape index (κ1) is 13.0. The predicted octanol–water partition coefficient (Wildman–Crippen LogP) is 2.48. The first-order valence-electron chi connectivity index (χ1n) is 5.77. The van der Waals surface area contributed by atoms with E-state index in [1.807, 2.05) is 34.6 Å². The largest absolute Gasteiger partial charge is 0.444 e. The monoisotopic (exact) mass is 226 g/mol. The van der Waals surface area contributed by atoms with E-state index >= 15 is 0 Å². The van der Waals surface area contributed by atoms with Crippen LogP contribution in [0, 0.1) is 0 Å². The molecular weight excluding hydrogens is 204 g/mol. The van der Waals surface area contributed by atoms with Crippen LogP contribution in [0.1, 0.15) is 41.0 Å². The average molecular weight is 226 g/mol. The van der Waals surface area contributed by atoms with E-state index in [-0.39, 0.29) is 12.1 Å². The number of carbonyl (C=O) groups is 1. The Hall–Kier alpha value is -1.06. The molecule has 4 nitrogen and oxygen atoms in total. The molecule has 0 aromatic heterocycles. The molecule has 1 aliphatic rings. The SMILES string of the molecule is CC(C)=NC1CCN(C(=O)OC(C)(C)C)C1. The summed E-state index contributed by atoms with van der Waals surface area (Å²) in [7, 11) is 0. The summed E-state index contributed by atoms with van der Waals surface area (Å²) < 4.78 is 5.31. The highest BCUT2D eigenvalue weighted by molar-refractivity contribution is 5.79. The molecule has 1 atom stereocenters. The molecule has 1 unspecified atom stereocenters. The van der Waals surface area contributed by atoms with E-state index in [1.165, 1.54) is 0 Å². The Morgan fingerprint density at radius 2 is 2.00 bits per heavy atom. The molecule has 0 aliphatic carbocycles. The average Bonchev–Trinajstić information content (AvgIpc) is 2.48. The standard InChI is InChI=1S/C12H22N2O2/c1-9(2)13-10-6-7-14(8-10)11(15)16-12(3,4)5/h10H,6-8H2,1-5H3. The highest BCUT2D eigenvalue weighted by atomic mass is 16.6. The maximum Gasteiger partial charge on any atom is 0.410 e.